The molecule has 0 spiro atoms. The lowest BCUT2D eigenvalue weighted by Gasteiger charge is -2.34. The number of hydrogen-bond donors (Lipinski definition) is 6. The molecule has 0 radical (unpaired) electrons. The van der Waals surface area contributed by atoms with Crippen LogP contribution in [0.4, 0.5) is 5.69 Å². The van der Waals surface area contributed by atoms with E-state index in [1.54, 1.807) is 4.90 Å². The number of carboxylic acids is 3. The van der Waals surface area contributed by atoms with Crippen LogP contribution in [0.1, 0.15) is 5.56 Å². The summed E-state index contributed by atoms with van der Waals surface area (Å²) in [7, 11) is -4.55. The van der Waals surface area contributed by atoms with Gasteiger partial charge in [0.2, 0.25) is 6.04 Å². The predicted octanol–water partition coefficient (Wildman–Crippen LogP) is -1.23. The Labute approximate surface area is 217 Å². The summed E-state index contributed by atoms with van der Waals surface area (Å²) in [5.41, 5.74) is 0.421. The Bertz CT molecular complexity index is 1020. The largest absolute Gasteiger partial charge is 0.480 e. The van der Waals surface area contributed by atoms with Crippen LogP contribution in [0.3, 0.4) is 0 Å². The first kappa shape index (κ1) is 31.2. The van der Waals surface area contributed by atoms with Gasteiger partial charge in [-0.1, -0.05) is 12.1 Å². The van der Waals surface area contributed by atoms with E-state index in [1.165, 1.54) is 34.1 Å². The number of carbonyl (C=O) groups is 3. The summed E-state index contributed by atoms with van der Waals surface area (Å²) in [4.78, 5) is 68.8. The molecule has 17 heteroatoms. The van der Waals surface area contributed by atoms with E-state index in [0.29, 0.717) is 5.56 Å². The van der Waals surface area contributed by atoms with Crippen LogP contribution in [0.15, 0.2) is 24.3 Å². The van der Waals surface area contributed by atoms with Crippen molar-refractivity contribution >= 4 is 31.2 Å². The molecule has 0 aromatic heterocycles. The molecule has 0 bridgehead atoms. The average Bonchev–Trinajstić information content (AvgIpc) is 2.80. The van der Waals surface area contributed by atoms with E-state index in [4.69, 9.17) is 0 Å². The minimum atomic E-state index is -4.55. The van der Waals surface area contributed by atoms with Gasteiger partial charge in [-0.05, 0) is 12.0 Å². The maximum absolute atomic E-state index is 12.2. The van der Waals surface area contributed by atoms with Crippen LogP contribution in [0.2, 0.25) is 0 Å². The number of benzene rings is 1. The maximum Gasteiger partial charge on any atom is 0.339 e. The summed E-state index contributed by atoms with van der Waals surface area (Å²) in [6.07, 6.45) is -0.656. The first-order chi connectivity index (χ1) is 17.8. The molecule has 1 aromatic carbocycles. The molecule has 1 heterocycles. The zero-order valence-corrected chi connectivity index (χ0v) is 21.4. The van der Waals surface area contributed by atoms with Crippen molar-refractivity contribution in [3.63, 3.8) is 0 Å². The Kier molecular flexibility index (Phi) is 11.7. The van der Waals surface area contributed by atoms with Gasteiger partial charge in [0.15, 0.2) is 0 Å². The van der Waals surface area contributed by atoms with E-state index >= 15 is 0 Å². The highest BCUT2D eigenvalue weighted by atomic mass is 31.2. The minimum absolute atomic E-state index is 0.00774. The summed E-state index contributed by atoms with van der Waals surface area (Å²) < 4.78 is 11.7. The van der Waals surface area contributed by atoms with Gasteiger partial charge in [-0.3, -0.25) is 34.2 Å². The third-order valence-corrected chi connectivity index (χ3v) is 6.85. The second kappa shape index (κ2) is 14.2. The molecule has 1 atom stereocenters. The summed E-state index contributed by atoms with van der Waals surface area (Å²) >= 11 is 0. The quantitative estimate of drug-likeness (QED) is 0.0849. The molecule has 2 rings (SSSR count). The highest BCUT2D eigenvalue weighted by molar-refractivity contribution is 7.51. The number of nitrogens with zero attached hydrogens (tertiary/aromatic N) is 4. The van der Waals surface area contributed by atoms with Crippen molar-refractivity contribution < 1.29 is 49.0 Å². The Morgan fingerprint density at radius 2 is 1.42 bits per heavy atom. The molecule has 1 aromatic rings. The molecule has 212 valence electrons. The SMILES string of the molecule is O=C(O)C(Cc1ccc([N+](=O)[O-])cc1)N1CCNCCN(C(C(=O)O)C(=O)O)CCN(CP(=O)(O)O)CC1. The number of non-ortho nitro benzene ring substituents is 1. The summed E-state index contributed by atoms with van der Waals surface area (Å²) in [5.74, 6) is -4.27. The van der Waals surface area contributed by atoms with Crippen LogP contribution in [0, 0.1) is 10.1 Å². The van der Waals surface area contributed by atoms with Crippen LogP contribution in [-0.2, 0) is 25.4 Å². The topological polar surface area (TPSA) is 234 Å². The van der Waals surface area contributed by atoms with E-state index < -0.39 is 48.8 Å². The molecule has 0 amide bonds. The summed E-state index contributed by atoms with van der Waals surface area (Å²) in [5, 5.41) is 42.6. The Morgan fingerprint density at radius 3 is 1.89 bits per heavy atom. The minimum Gasteiger partial charge on any atom is -0.480 e. The van der Waals surface area contributed by atoms with Gasteiger partial charge in [-0.2, -0.15) is 0 Å². The average molecular weight is 561 g/mol. The number of nitro benzene ring substituents is 1. The van der Waals surface area contributed by atoms with Crippen molar-refractivity contribution in [1.29, 1.82) is 0 Å². The van der Waals surface area contributed by atoms with E-state index in [2.05, 4.69) is 5.32 Å². The highest BCUT2D eigenvalue weighted by Gasteiger charge is 2.34. The second-order valence-corrected chi connectivity index (χ2v) is 10.4. The molecule has 0 saturated carbocycles. The van der Waals surface area contributed by atoms with Gasteiger partial charge < -0.3 is 30.4 Å². The Hall–Kier alpha value is -2.98. The van der Waals surface area contributed by atoms with Gasteiger partial charge in [-0.15, -0.1) is 0 Å². The zero-order chi connectivity index (χ0) is 28.5. The number of aliphatic carboxylic acids is 3. The number of nitrogens with one attached hydrogen (secondary N) is 1. The van der Waals surface area contributed by atoms with Gasteiger partial charge in [0.1, 0.15) is 12.3 Å². The van der Waals surface area contributed by atoms with Crippen molar-refractivity contribution in [2.75, 3.05) is 58.6 Å². The number of carboxylic acid groups (broad SMARTS) is 3. The van der Waals surface area contributed by atoms with Gasteiger partial charge in [0.05, 0.1) is 4.92 Å². The molecular formula is C21H32N5O11P. The molecular weight excluding hydrogens is 529 g/mol. The maximum atomic E-state index is 12.2. The fourth-order valence-corrected chi connectivity index (χ4v) is 4.99. The molecule has 38 heavy (non-hydrogen) atoms. The highest BCUT2D eigenvalue weighted by Crippen LogP contribution is 2.35. The summed E-state index contributed by atoms with van der Waals surface area (Å²) in [6, 6.07) is 2.62. The molecule has 1 saturated heterocycles. The van der Waals surface area contributed by atoms with Crippen LogP contribution < -0.4 is 5.32 Å². The van der Waals surface area contributed by atoms with Crippen LogP contribution >= 0.6 is 7.60 Å². The fraction of sp³-hybridized carbons (Fsp3) is 0.571. The van der Waals surface area contributed by atoms with Gasteiger partial charge >= 0.3 is 25.5 Å². The first-order valence-corrected chi connectivity index (χ1v) is 13.5. The Morgan fingerprint density at radius 1 is 0.895 bits per heavy atom. The normalized spacial score (nSPS) is 18.3. The monoisotopic (exact) mass is 561 g/mol. The van der Waals surface area contributed by atoms with E-state index in [9.17, 15) is 54.2 Å². The molecule has 1 fully saturated rings. The molecule has 6 N–H and O–H groups in total. The lowest BCUT2D eigenvalue weighted by molar-refractivity contribution is -0.384. The zero-order valence-electron chi connectivity index (χ0n) is 20.5. The van der Waals surface area contributed by atoms with E-state index in [-0.39, 0.29) is 64.5 Å². The van der Waals surface area contributed by atoms with Crippen LogP contribution in [0.5, 0.6) is 0 Å². The summed E-state index contributed by atoms with van der Waals surface area (Å²) in [6.45, 7) is 0.560. The fourth-order valence-electron chi connectivity index (χ4n) is 4.18. The van der Waals surface area contributed by atoms with E-state index in [0.717, 1.165) is 0 Å². The van der Waals surface area contributed by atoms with Crippen molar-refractivity contribution in [3.05, 3.63) is 39.9 Å². The molecule has 1 unspecified atom stereocenters. The lowest BCUT2D eigenvalue weighted by Crippen LogP contribution is -2.54. The van der Waals surface area contributed by atoms with Crippen LogP contribution in [0.25, 0.3) is 0 Å². The third kappa shape index (κ3) is 10.1. The first-order valence-electron chi connectivity index (χ1n) is 11.7. The number of nitro groups is 1. The van der Waals surface area contributed by atoms with Crippen molar-refractivity contribution in [2.45, 2.75) is 18.5 Å². The van der Waals surface area contributed by atoms with Crippen molar-refractivity contribution in [2.24, 2.45) is 0 Å². The van der Waals surface area contributed by atoms with Gasteiger partial charge in [-0.25, -0.2) is 9.59 Å². The van der Waals surface area contributed by atoms with Crippen molar-refractivity contribution in [1.82, 2.24) is 20.0 Å². The number of hydrogen-bond acceptors (Lipinski definition) is 10. The van der Waals surface area contributed by atoms with Crippen molar-refractivity contribution in [3.8, 4) is 0 Å². The molecule has 1 aliphatic rings. The second-order valence-electron chi connectivity index (χ2n) is 8.81. The number of rotatable bonds is 10. The van der Waals surface area contributed by atoms with Gasteiger partial charge in [0, 0.05) is 64.5 Å². The molecule has 0 aliphatic carbocycles. The van der Waals surface area contributed by atoms with E-state index in [1.807, 2.05) is 0 Å². The van der Waals surface area contributed by atoms with Gasteiger partial charge in [0.25, 0.3) is 5.69 Å². The van der Waals surface area contributed by atoms with Crippen LogP contribution in [-0.4, -0.2) is 133 Å². The predicted molar refractivity (Wildman–Crippen MR) is 132 cm³/mol. The Balaban J connectivity index is 2.24. The molecule has 1 aliphatic heterocycles. The molecule has 16 nitrogen and oxygen atoms in total. The lowest BCUT2D eigenvalue weighted by atomic mass is 10.0. The smallest absolute Gasteiger partial charge is 0.339 e. The standard InChI is InChI=1S/C21H32N5O11P/c27-19(28)17(13-15-1-3-16(4-2-15)26(33)34)24-7-5-22-6-8-25(18(20(29)30)21(31)32)12-10-23(9-11-24)14-38(35,36)37/h1-4,17-18,22H,5-14H2,(H,27,28)(H,29,30)(H,31,32)(H2,35,36,37). The third-order valence-electron chi connectivity index (χ3n) is 6.08.